The van der Waals surface area contributed by atoms with Crippen LogP contribution in [-0.2, 0) is 14.8 Å². The third-order valence-electron chi connectivity index (χ3n) is 4.46. The molecule has 0 spiro atoms. The van der Waals surface area contributed by atoms with Crippen LogP contribution in [0.4, 0.5) is 0 Å². The smallest absolute Gasteiger partial charge is 0.278 e. The Bertz CT molecular complexity index is 663. The highest BCUT2D eigenvalue weighted by Gasteiger charge is 2.34. The van der Waals surface area contributed by atoms with Crippen LogP contribution in [0.15, 0.2) is 29.2 Å². The topological polar surface area (TPSA) is 70.9 Å². The number of aryl methyl sites for hydroxylation is 1. The van der Waals surface area contributed by atoms with E-state index in [9.17, 15) is 13.2 Å². The van der Waals surface area contributed by atoms with Crippen molar-refractivity contribution >= 4 is 15.9 Å². The molecule has 0 aromatic heterocycles. The van der Waals surface area contributed by atoms with Crippen LogP contribution in [-0.4, -0.2) is 56.9 Å². The second-order valence-corrected chi connectivity index (χ2v) is 8.70. The first-order valence-electron chi connectivity index (χ1n) is 8.43. The van der Waals surface area contributed by atoms with Crippen molar-refractivity contribution in [3.63, 3.8) is 0 Å². The van der Waals surface area contributed by atoms with Crippen molar-refractivity contribution in [3.8, 4) is 0 Å². The maximum Gasteiger partial charge on any atom is 0.278 e. The number of amides is 1. The fourth-order valence-electron chi connectivity index (χ4n) is 2.90. The van der Waals surface area contributed by atoms with Crippen LogP contribution in [0.1, 0.15) is 26.3 Å². The highest BCUT2D eigenvalue weighted by atomic mass is 32.2. The molecule has 1 heterocycles. The van der Waals surface area contributed by atoms with Gasteiger partial charge in [0, 0.05) is 6.04 Å². The van der Waals surface area contributed by atoms with E-state index in [2.05, 4.69) is 5.32 Å². The Morgan fingerprint density at radius 3 is 2.17 bits per heavy atom. The molecule has 134 valence electrons. The average Bonchev–Trinajstić information content (AvgIpc) is 2.54. The molecular formula is C17H28N3O3S+. The van der Waals surface area contributed by atoms with Crippen LogP contribution in [0.5, 0.6) is 0 Å². The van der Waals surface area contributed by atoms with Crippen LogP contribution in [0.25, 0.3) is 0 Å². The Hall–Kier alpha value is -1.44. The molecule has 2 rings (SSSR count). The summed E-state index contributed by atoms with van der Waals surface area (Å²) in [6.07, 6.45) is 0. The molecule has 1 saturated heterocycles. The van der Waals surface area contributed by atoms with Gasteiger partial charge in [-0.15, -0.1) is 0 Å². The van der Waals surface area contributed by atoms with Gasteiger partial charge in [0.05, 0.1) is 31.1 Å². The number of nitrogens with zero attached hydrogens (tertiary/aromatic N) is 1. The highest BCUT2D eigenvalue weighted by Crippen LogP contribution is 2.16. The van der Waals surface area contributed by atoms with Gasteiger partial charge in [-0.3, -0.25) is 4.79 Å². The molecule has 1 fully saturated rings. The lowest BCUT2D eigenvalue weighted by molar-refractivity contribution is -0.917. The molecule has 24 heavy (non-hydrogen) atoms. The molecule has 0 unspecified atom stereocenters. The number of carbonyl (C=O) groups is 1. The Labute approximate surface area is 144 Å². The van der Waals surface area contributed by atoms with Crippen molar-refractivity contribution < 1.29 is 18.1 Å². The molecule has 1 aliphatic heterocycles. The Kier molecular flexibility index (Phi) is 6.01. The lowest BCUT2D eigenvalue weighted by Crippen LogP contribution is -3.19. The first-order valence-corrected chi connectivity index (χ1v) is 9.87. The molecule has 6 nitrogen and oxygen atoms in total. The first-order chi connectivity index (χ1) is 11.2. The van der Waals surface area contributed by atoms with Crippen molar-refractivity contribution in [1.82, 2.24) is 9.62 Å². The minimum atomic E-state index is -3.45. The number of rotatable bonds is 5. The van der Waals surface area contributed by atoms with Gasteiger partial charge in [-0.1, -0.05) is 17.7 Å². The van der Waals surface area contributed by atoms with E-state index in [-0.39, 0.29) is 18.0 Å². The number of sulfonamides is 1. The predicted octanol–water partition coefficient (Wildman–Crippen LogP) is -0.203. The Balaban J connectivity index is 1.99. The van der Waals surface area contributed by atoms with Crippen molar-refractivity contribution in [2.24, 2.45) is 0 Å². The summed E-state index contributed by atoms with van der Waals surface area (Å²) in [6.45, 7) is 9.85. The van der Waals surface area contributed by atoms with E-state index in [1.807, 2.05) is 39.8 Å². The lowest BCUT2D eigenvalue weighted by Gasteiger charge is -2.34. The van der Waals surface area contributed by atoms with Gasteiger partial charge in [0.15, 0.2) is 6.04 Å². The molecule has 1 aromatic carbocycles. The Morgan fingerprint density at radius 2 is 1.67 bits per heavy atom. The zero-order chi connectivity index (χ0) is 17.9. The maximum absolute atomic E-state index is 12.7. The third kappa shape index (κ3) is 4.34. The molecule has 1 atom stereocenters. The molecule has 7 heteroatoms. The van der Waals surface area contributed by atoms with Gasteiger partial charge in [-0.25, -0.2) is 8.42 Å². The van der Waals surface area contributed by atoms with Crippen molar-refractivity contribution in [3.05, 3.63) is 29.8 Å². The summed E-state index contributed by atoms with van der Waals surface area (Å²) in [5.41, 5.74) is 1.04. The fourth-order valence-corrected chi connectivity index (χ4v) is 4.34. The number of hydrogen-bond donors (Lipinski definition) is 2. The minimum absolute atomic E-state index is 0.0230. The number of carbonyl (C=O) groups excluding carboxylic acids is 1. The molecule has 2 N–H and O–H groups in total. The monoisotopic (exact) mass is 354 g/mol. The number of nitrogens with one attached hydrogen (secondary N) is 2. The molecule has 0 radical (unpaired) electrons. The average molecular weight is 354 g/mol. The first kappa shape index (κ1) is 18.9. The van der Waals surface area contributed by atoms with E-state index in [4.69, 9.17) is 0 Å². The molecule has 1 aromatic rings. The molecule has 0 saturated carbocycles. The lowest BCUT2D eigenvalue weighted by atomic mass is 10.2. The maximum atomic E-state index is 12.7. The van der Waals surface area contributed by atoms with Gasteiger partial charge < -0.3 is 10.2 Å². The van der Waals surface area contributed by atoms with Gasteiger partial charge >= 0.3 is 0 Å². The van der Waals surface area contributed by atoms with E-state index < -0.39 is 10.0 Å². The molecular weight excluding hydrogens is 326 g/mol. The van der Waals surface area contributed by atoms with E-state index in [0.29, 0.717) is 31.1 Å². The summed E-state index contributed by atoms with van der Waals surface area (Å²) in [5.74, 6) is 0.0230. The quantitative estimate of drug-likeness (QED) is 0.769. The number of quaternary nitrogens is 1. The van der Waals surface area contributed by atoms with Gasteiger partial charge in [0.1, 0.15) is 0 Å². The van der Waals surface area contributed by atoms with Crippen LogP contribution < -0.4 is 10.2 Å². The van der Waals surface area contributed by atoms with Crippen LogP contribution in [0.3, 0.4) is 0 Å². The van der Waals surface area contributed by atoms with Crippen LogP contribution in [0.2, 0.25) is 0 Å². The highest BCUT2D eigenvalue weighted by molar-refractivity contribution is 7.89. The van der Waals surface area contributed by atoms with E-state index in [0.717, 1.165) is 10.5 Å². The summed E-state index contributed by atoms with van der Waals surface area (Å²) >= 11 is 0. The zero-order valence-electron chi connectivity index (χ0n) is 14.9. The van der Waals surface area contributed by atoms with Gasteiger partial charge in [0.25, 0.3) is 5.91 Å². The summed E-state index contributed by atoms with van der Waals surface area (Å²) in [4.78, 5) is 13.6. The summed E-state index contributed by atoms with van der Waals surface area (Å²) in [5, 5.41) is 2.92. The van der Waals surface area contributed by atoms with Crippen molar-refractivity contribution in [1.29, 1.82) is 0 Å². The molecule has 1 amide bonds. The SMILES string of the molecule is Cc1ccc(S(=O)(=O)N2CC[NH+]([C@@H](C)C(=O)NC(C)C)CC2)cc1. The number of piperazine rings is 1. The number of benzene rings is 1. The van der Waals surface area contributed by atoms with E-state index in [1.165, 1.54) is 4.31 Å². The molecule has 0 aliphatic carbocycles. The Morgan fingerprint density at radius 1 is 1.12 bits per heavy atom. The predicted molar refractivity (Wildman–Crippen MR) is 93.4 cm³/mol. The van der Waals surface area contributed by atoms with Crippen molar-refractivity contribution in [2.75, 3.05) is 26.2 Å². The minimum Gasteiger partial charge on any atom is -0.349 e. The van der Waals surface area contributed by atoms with Crippen LogP contribution >= 0.6 is 0 Å². The van der Waals surface area contributed by atoms with Crippen molar-refractivity contribution in [2.45, 2.75) is 44.7 Å². The normalized spacial score (nSPS) is 18.5. The van der Waals surface area contributed by atoms with Crippen LogP contribution in [0, 0.1) is 6.92 Å². The largest absolute Gasteiger partial charge is 0.349 e. The standard InChI is InChI=1S/C17H27N3O3S/c1-13(2)18-17(21)15(4)19-9-11-20(12-10-19)24(22,23)16-7-5-14(3)6-8-16/h5-8,13,15H,9-12H2,1-4H3,(H,18,21)/p+1/t15-/m0/s1. The molecule has 1 aliphatic rings. The molecule has 0 bridgehead atoms. The summed E-state index contributed by atoms with van der Waals surface area (Å²) in [6, 6.07) is 6.88. The van der Waals surface area contributed by atoms with E-state index >= 15 is 0 Å². The zero-order valence-corrected chi connectivity index (χ0v) is 15.7. The fraction of sp³-hybridized carbons (Fsp3) is 0.588. The van der Waals surface area contributed by atoms with Gasteiger partial charge in [0.2, 0.25) is 10.0 Å². The summed E-state index contributed by atoms with van der Waals surface area (Å²) in [7, 11) is -3.45. The second-order valence-electron chi connectivity index (χ2n) is 6.76. The van der Waals surface area contributed by atoms with Gasteiger partial charge in [-0.05, 0) is 39.8 Å². The second kappa shape index (κ2) is 7.63. The third-order valence-corrected chi connectivity index (χ3v) is 6.37. The summed E-state index contributed by atoms with van der Waals surface area (Å²) < 4.78 is 26.9. The number of hydrogen-bond acceptors (Lipinski definition) is 3. The van der Waals surface area contributed by atoms with E-state index in [1.54, 1.807) is 12.1 Å². The van der Waals surface area contributed by atoms with Gasteiger partial charge in [-0.2, -0.15) is 4.31 Å².